The maximum atomic E-state index is 4.57. The number of thiol groups is 1. The van der Waals surface area contributed by atoms with Crippen molar-refractivity contribution in [3.8, 4) is 0 Å². The van der Waals surface area contributed by atoms with Gasteiger partial charge in [-0.1, -0.05) is 37.3 Å². The van der Waals surface area contributed by atoms with Crippen molar-refractivity contribution < 1.29 is 0 Å². The minimum atomic E-state index is 0.973. The standard InChI is InChI=1S/C17H15NS2/c1-2-16-10-14(17(19)20-16)11-18-15-8-7-12-5-3-4-6-13(12)9-15/h3-11,19H,2H2,1H3. The van der Waals surface area contributed by atoms with Gasteiger partial charge < -0.3 is 0 Å². The lowest BCUT2D eigenvalue weighted by Gasteiger charge is -1.98. The SMILES string of the molecule is CCc1cc(C=Nc2ccc3ccccc3c2)c(S)s1. The highest BCUT2D eigenvalue weighted by Crippen LogP contribution is 2.26. The average Bonchev–Trinajstić information content (AvgIpc) is 2.85. The Kier molecular flexibility index (Phi) is 3.90. The predicted octanol–water partition coefficient (Wildman–Crippen LogP) is 5.50. The first kappa shape index (κ1) is 13.4. The van der Waals surface area contributed by atoms with Gasteiger partial charge in [0.2, 0.25) is 0 Å². The zero-order valence-corrected chi connectivity index (χ0v) is 12.9. The van der Waals surface area contributed by atoms with E-state index >= 15 is 0 Å². The maximum Gasteiger partial charge on any atom is 0.0659 e. The van der Waals surface area contributed by atoms with E-state index in [-0.39, 0.29) is 0 Å². The highest BCUT2D eigenvalue weighted by atomic mass is 32.2. The second-order valence-corrected chi connectivity index (χ2v) is 6.50. The summed E-state index contributed by atoms with van der Waals surface area (Å²) in [5, 5.41) is 2.46. The lowest BCUT2D eigenvalue weighted by atomic mass is 10.1. The van der Waals surface area contributed by atoms with Crippen LogP contribution in [0.25, 0.3) is 10.8 Å². The van der Waals surface area contributed by atoms with Crippen LogP contribution >= 0.6 is 24.0 Å². The average molecular weight is 297 g/mol. The number of rotatable bonds is 3. The van der Waals surface area contributed by atoms with Crippen LogP contribution in [0.2, 0.25) is 0 Å². The smallest absolute Gasteiger partial charge is 0.0659 e. The lowest BCUT2D eigenvalue weighted by molar-refractivity contribution is 1.19. The van der Waals surface area contributed by atoms with E-state index in [9.17, 15) is 0 Å². The molecule has 3 rings (SSSR count). The number of thiophene rings is 1. The number of fused-ring (bicyclic) bond motifs is 1. The zero-order chi connectivity index (χ0) is 13.9. The van der Waals surface area contributed by atoms with Crippen molar-refractivity contribution in [1.29, 1.82) is 0 Å². The largest absolute Gasteiger partial charge is 0.256 e. The van der Waals surface area contributed by atoms with Crippen LogP contribution < -0.4 is 0 Å². The van der Waals surface area contributed by atoms with Crippen LogP contribution in [0.4, 0.5) is 5.69 Å². The summed E-state index contributed by atoms with van der Waals surface area (Å²) in [4.78, 5) is 5.91. The number of aryl methyl sites for hydroxylation is 1. The van der Waals surface area contributed by atoms with Crippen molar-refractivity contribution in [2.75, 3.05) is 0 Å². The van der Waals surface area contributed by atoms with Crippen LogP contribution in [0.15, 0.2) is 57.7 Å². The molecule has 3 aromatic rings. The van der Waals surface area contributed by atoms with Crippen molar-refractivity contribution >= 4 is 46.6 Å². The van der Waals surface area contributed by atoms with Crippen molar-refractivity contribution in [2.24, 2.45) is 4.99 Å². The summed E-state index contributed by atoms with van der Waals surface area (Å²) in [7, 11) is 0. The minimum absolute atomic E-state index is 0.973. The third-order valence-electron chi connectivity index (χ3n) is 3.23. The molecule has 0 unspecified atom stereocenters. The van der Waals surface area contributed by atoms with E-state index in [0.717, 1.165) is 21.9 Å². The molecule has 0 aliphatic rings. The van der Waals surface area contributed by atoms with Crippen molar-refractivity contribution in [3.05, 3.63) is 59.0 Å². The van der Waals surface area contributed by atoms with Crippen LogP contribution in [0.3, 0.4) is 0 Å². The van der Waals surface area contributed by atoms with E-state index in [4.69, 9.17) is 0 Å². The molecule has 20 heavy (non-hydrogen) atoms. The monoisotopic (exact) mass is 297 g/mol. The molecule has 0 saturated heterocycles. The minimum Gasteiger partial charge on any atom is -0.256 e. The van der Waals surface area contributed by atoms with Gasteiger partial charge in [-0.25, -0.2) is 0 Å². The predicted molar refractivity (Wildman–Crippen MR) is 92.2 cm³/mol. The Hall–Kier alpha value is -1.58. The molecule has 1 heterocycles. The van der Waals surface area contributed by atoms with Crippen LogP contribution in [0, 0.1) is 0 Å². The molecule has 0 spiro atoms. The molecule has 0 amide bonds. The number of nitrogens with zero attached hydrogens (tertiary/aromatic N) is 1. The van der Waals surface area contributed by atoms with Gasteiger partial charge in [-0.3, -0.25) is 4.99 Å². The summed E-state index contributed by atoms with van der Waals surface area (Å²) in [6, 6.07) is 16.7. The fraction of sp³-hybridized carbons (Fsp3) is 0.118. The van der Waals surface area contributed by atoms with E-state index in [1.807, 2.05) is 18.3 Å². The molecule has 1 nitrogen and oxygen atoms in total. The van der Waals surface area contributed by atoms with Crippen LogP contribution in [-0.2, 0) is 6.42 Å². The fourth-order valence-corrected chi connectivity index (χ4v) is 3.40. The van der Waals surface area contributed by atoms with Gasteiger partial charge in [-0.2, -0.15) is 0 Å². The van der Waals surface area contributed by atoms with Crippen LogP contribution in [0.5, 0.6) is 0 Å². The molecule has 0 aliphatic heterocycles. The summed E-state index contributed by atoms with van der Waals surface area (Å²) in [6.45, 7) is 2.16. The third kappa shape index (κ3) is 2.79. The first-order chi connectivity index (χ1) is 9.76. The maximum absolute atomic E-state index is 4.57. The molecular formula is C17H15NS2. The molecule has 0 atom stereocenters. The summed E-state index contributed by atoms with van der Waals surface area (Å²) in [6.07, 6.45) is 2.95. The highest BCUT2D eigenvalue weighted by molar-refractivity contribution is 7.83. The van der Waals surface area contributed by atoms with Crippen molar-refractivity contribution in [1.82, 2.24) is 0 Å². The summed E-state index contributed by atoms with van der Waals surface area (Å²) >= 11 is 6.23. The Labute approximate surface area is 128 Å². The second kappa shape index (κ2) is 5.81. The summed E-state index contributed by atoms with van der Waals surface area (Å²) in [5.74, 6) is 0. The topological polar surface area (TPSA) is 12.4 Å². The number of benzene rings is 2. The first-order valence-electron chi connectivity index (χ1n) is 6.61. The zero-order valence-electron chi connectivity index (χ0n) is 11.2. The van der Waals surface area contributed by atoms with E-state index < -0.39 is 0 Å². The normalized spacial score (nSPS) is 11.5. The van der Waals surface area contributed by atoms with Gasteiger partial charge in [0.25, 0.3) is 0 Å². The van der Waals surface area contributed by atoms with Gasteiger partial charge in [0.15, 0.2) is 0 Å². The molecule has 3 heteroatoms. The van der Waals surface area contributed by atoms with Gasteiger partial charge >= 0.3 is 0 Å². The summed E-state index contributed by atoms with van der Waals surface area (Å²) < 4.78 is 1.03. The van der Waals surface area contributed by atoms with Crippen LogP contribution in [0.1, 0.15) is 17.4 Å². The molecule has 100 valence electrons. The Balaban J connectivity index is 1.91. The second-order valence-electron chi connectivity index (χ2n) is 4.62. The van der Waals surface area contributed by atoms with Crippen molar-refractivity contribution in [3.63, 3.8) is 0 Å². The number of hydrogen-bond donors (Lipinski definition) is 1. The molecule has 0 radical (unpaired) electrons. The molecular weight excluding hydrogens is 282 g/mol. The number of aliphatic imine (C=N–C) groups is 1. The van der Waals surface area contributed by atoms with Gasteiger partial charge in [0.1, 0.15) is 0 Å². The van der Waals surface area contributed by atoms with E-state index in [0.29, 0.717) is 0 Å². The molecule has 0 fully saturated rings. The molecule has 0 N–H and O–H groups in total. The third-order valence-corrected chi connectivity index (χ3v) is 4.86. The van der Waals surface area contributed by atoms with Crippen LogP contribution in [-0.4, -0.2) is 6.21 Å². The molecule has 0 bridgehead atoms. The fourth-order valence-electron chi connectivity index (χ4n) is 2.12. The Morgan fingerprint density at radius 2 is 1.90 bits per heavy atom. The molecule has 1 aromatic heterocycles. The van der Waals surface area contributed by atoms with E-state index in [1.54, 1.807) is 11.3 Å². The van der Waals surface area contributed by atoms with Gasteiger partial charge in [-0.15, -0.1) is 24.0 Å². The van der Waals surface area contributed by atoms with Gasteiger partial charge in [0, 0.05) is 16.7 Å². The van der Waals surface area contributed by atoms with Gasteiger partial charge in [-0.05, 0) is 35.4 Å². The lowest BCUT2D eigenvalue weighted by Crippen LogP contribution is -1.78. The quantitative estimate of drug-likeness (QED) is 0.484. The Bertz CT molecular complexity index is 772. The van der Waals surface area contributed by atoms with Crippen molar-refractivity contribution in [2.45, 2.75) is 17.6 Å². The van der Waals surface area contributed by atoms with Gasteiger partial charge in [0.05, 0.1) is 9.90 Å². The van der Waals surface area contributed by atoms with E-state index in [2.05, 4.69) is 60.9 Å². The summed E-state index contributed by atoms with van der Waals surface area (Å²) in [5.41, 5.74) is 2.07. The molecule has 0 saturated carbocycles. The van der Waals surface area contributed by atoms with E-state index in [1.165, 1.54) is 15.6 Å². The molecule has 0 aliphatic carbocycles. The number of hydrogen-bond acceptors (Lipinski definition) is 3. The Morgan fingerprint density at radius 1 is 1.10 bits per heavy atom. The molecule has 2 aromatic carbocycles. The first-order valence-corrected chi connectivity index (χ1v) is 7.87. The highest BCUT2D eigenvalue weighted by Gasteiger charge is 2.02. The Morgan fingerprint density at radius 3 is 2.65 bits per heavy atom.